The van der Waals surface area contributed by atoms with Crippen molar-refractivity contribution >= 4 is 22.8 Å². The molecule has 4 nitrogen and oxygen atoms in total. The third-order valence-corrected chi connectivity index (χ3v) is 17.2. The van der Waals surface area contributed by atoms with Crippen molar-refractivity contribution in [2.75, 3.05) is 19.8 Å². The average Bonchev–Trinajstić information content (AvgIpc) is 4.16. The van der Waals surface area contributed by atoms with Crippen LogP contribution < -0.4 is 0 Å². The van der Waals surface area contributed by atoms with E-state index in [-0.39, 0.29) is 0 Å². The number of nitrogens with zero attached hydrogens (tertiary/aromatic N) is 2. The molecule has 358 valence electrons. The molecule has 1 aliphatic heterocycles. The summed E-state index contributed by atoms with van der Waals surface area (Å²) in [6, 6.07) is 53.5. The van der Waals surface area contributed by atoms with Crippen molar-refractivity contribution in [3.8, 4) is 66.8 Å². The highest BCUT2D eigenvalue weighted by Gasteiger charge is 2.47. The molecule has 1 aromatic heterocycles. The van der Waals surface area contributed by atoms with Crippen LogP contribution in [0.5, 0.6) is 0 Å². The van der Waals surface area contributed by atoms with Crippen LogP contribution in [0.3, 0.4) is 0 Å². The minimum atomic E-state index is -0.712. The smallest absolute Gasteiger partial charge is 0.145 e. The molecule has 1 fully saturated rings. The molecule has 0 bridgehead atoms. The van der Waals surface area contributed by atoms with Gasteiger partial charge in [-0.3, -0.25) is 0 Å². The zero-order chi connectivity index (χ0) is 48.7. The number of aryl methyl sites for hydroxylation is 4. The lowest BCUT2D eigenvalue weighted by Gasteiger charge is -2.38. The van der Waals surface area contributed by atoms with Crippen molar-refractivity contribution < 1.29 is 9.47 Å². The number of hydrogen-bond donors (Lipinski definition) is 0. The van der Waals surface area contributed by atoms with Gasteiger partial charge in [0.1, 0.15) is 16.6 Å². The van der Waals surface area contributed by atoms with Crippen LogP contribution in [0.2, 0.25) is 0 Å². The summed E-state index contributed by atoms with van der Waals surface area (Å²) in [5.74, 6) is 0. The first-order valence-corrected chi connectivity index (χ1v) is 27.2. The van der Waals surface area contributed by atoms with Crippen LogP contribution in [0.25, 0.3) is 77.8 Å². The highest BCUT2D eigenvalue weighted by Crippen LogP contribution is 2.56. The number of aromatic nitrogens is 2. The second-order valence-corrected chi connectivity index (χ2v) is 22.6. The van der Waals surface area contributed by atoms with E-state index in [2.05, 4.69) is 174 Å². The van der Waals surface area contributed by atoms with Gasteiger partial charge < -0.3 is 9.47 Å². The Kier molecular flexibility index (Phi) is 11.3. The molecule has 0 spiro atoms. The molecule has 3 aliphatic carbocycles. The van der Waals surface area contributed by atoms with Gasteiger partial charge in [-0.25, -0.2) is 0 Å². The van der Waals surface area contributed by atoms with E-state index in [9.17, 15) is 0 Å². The maximum Gasteiger partial charge on any atom is 0.145 e. The summed E-state index contributed by atoms with van der Waals surface area (Å²) in [5.41, 5.74) is 31.1. The van der Waals surface area contributed by atoms with Crippen LogP contribution in [0.15, 0.2) is 140 Å². The lowest BCUT2D eigenvalue weighted by molar-refractivity contribution is -0.106. The van der Waals surface area contributed by atoms with E-state index in [1.54, 1.807) is 0 Å². The molecule has 0 saturated carbocycles. The van der Waals surface area contributed by atoms with Crippen molar-refractivity contribution in [3.05, 3.63) is 201 Å². The molecule has 0 radical (unpaired) electrons. The Morgan fingerprint density at radius 1 is 0.444 bits per heavy atom. The number of fused-ring (bicyclic) bond motifs is 10. The van der Waals surface area contributed by atoms with Gasteiger partial charge in [0, 0.05) is 34.3 Å². The lowest BCUT2D eigenvalue weighted by atomic mass is 9.80. The van der Waals surface area contributed by atoms with Crippen molar-refractivity contribution in [1.29, 1.82) is 0 Å². The molecule has 9 aromatic rings. The van der Waals surface area contributed by atoms with Crippen LogP contribution in [0.4, 0.5) is 0 Å². The second kappa shape index (κ2) is 17.9. The van der Waals surface area contributed by atoms with E-state index in [0.29, 0.717) is 12.0 Å². The van der Waals surface area contributed by atoms with Crippen LogP contribution in [-0.4, -0.2) is 28.6 Å². The van der Waals surface area contributed by atoms with Crippen LogP contribution in [-0.2, 0) is 27.9 Å². The highest BCUT2D eigenvalue weighted by atomic mass is 32.1. The normalized spacial score (nSPS) is 16.5. The fraction of sp³-hybridized carbons (Fsp3) is 0.284. The first kappa shape index (κ1) is 45.4. The van der Waals surface area contributed by atoms with E-state index in [0.717, 1.165) is 54.6 Å². The van der Waals surface area contributed by atoms with E-state index < -0.39 is 5.60 Å². The van der Waals surface area contributed by atoms with Crippen molar-refractivity contribution in [2.24, 2.45) is 5.41 Å². The van der Waals surface area contributed by atoms with E-state index >= 15 is 0 Å². The lowest BCUT2D eigenvalue weighted by Crippen LogP contribution is -2.39. The molecule has 13 rings (SSSR count). The summed E-state index contributed by atoms with van der Waals surface area (Å²) in [7, 11) is 0. The van der Waals surface area contributed by atoms with Gasteiger partial charge in [-0.2, -0.15) is 8.75 Å². The molecular formula is C67H62N2O2S. The summed E-state index contributed by atoms with van der Waals surface area (Å²) in [6.45, 7) is 13.8. The molecule has 4 aliphatic rings. The van der Waals surface area contributed by atoms with Gasteiger partial charge in [0.15, 0.2) is 0 Å². The Morgan fingerprint density at radius 2 is 0.889 bits per heavy atom. The van der Waals surface area contributed by atoms with E-state index in [4.69, 9.17) is 18.2 Å². The molecule has 0 N–H and O–H groups in total. The third kappa shape index (κ3) is 7.70. The molecule has 1 unspecified atom stereocenters. The summed E-state index contributed by atoms with van der Waals surface area (Å²) in [6.07, 6.45) is 10.5. The number of hydrogen-bond acceptors (Lipinski definition) is 5. The molecule has 8 aromatic carbocycles. The highest BCUT2D eigenvalue weighted by molar-refractivity contribution is 7.00. The van der Waals surface area contributed by atoms with Crippen LogP contribution in [0.1, 0.15) is 113 Å². The summed E-state index contributed by atoms with van der Waals surface area (Å²) in [5, 5.41) is 0. The Balaban J connectivity index is 0.780. The maximum absolute atomic E-state index is 7.53. The largest absolute Gasteiger partial charge is 0.380 e. The second-order valence-electron chi connectivity index (χ2n) is 22.1. The molecule has 0 amide bonds. The molecule has 5 heteroatoms. The number of rotatable bonds is 14. The Labute approximate surface area is 429 Å². The minimum Gasteiger partial charge on any atom is -0.380 e. The first-order chi connectivity index (χ1) is 35.1. The molecule has 72 heavy (non-hydrogen) atoms. The molecule has 1 saturated heterocycles. The number of ether oxygens (including phenoxy) is 2. The minimum absolute atomic E-state index is 0.418. The quantitative estimate of drug-likeness (QED) is 0.102. The molecular weight excluding hydrogens is 897 g/mol. The number of benzene rings is 8. The van der Waals surface area contributed by atoms with E-state index in [1.165, 1.54) is 167 Å². The van der Waals surface area contributed by atoms with Gasteiger partial charge >= 0.3 is 0 Å². The third-order valence-electron chi connectivity index (χ3n) is 16.7. The van der Waals surface area contributed by atoms with Crippen molar-refractivity contribution in [1.82, 2.24) is 8.75 Å². The zero-order valence-corrected chi connectivity index (χ0v) is 43.2. The zero-order valence-electron chi connectivity index (χ0n) is 42.4. The predicted molar refractivity (Wildman–Crippen MR) is 298 cm³/mol. The Hall–Kier alpha value is -6.50. The van der Waals surface area contributed by atoms with Gasteiger partial charge in [0.05, 0.1) is 24.9 Å². The fourth-order valence-electron chi connectivity index (χ4n) is 12.8. The van der Waals surface area contributed by atoms with Crippen LogP contribution in [0, 0.1) is 33.1 Å². The standard InChI is InChI=1S/C67H62N2O2S/c1-41-13-20-53-49(30-41)36-51-34-47(18-23-55(51)53)57-26-27-58(65-64(57)68-72-69-65)48-19-24-56-52(35-48)37-50-33-45(16-22-54(50)56)46-17-25-60-59-21-14-43(3)32-62(59)67(63(60)38-46,61-31-42(2)12-15-44(61)4)71-29-11-9-7-6-8-10-28-66(5)39-70-40-66/h12-27,30-35,38H,6-11,28-29,36-37,39-40H2,1-5H3. The fourth-order valence-corrected chi connectivity index (χ4v) is 13.4. The van der Waals surface area contributed by atoms with Gasteiger partial charge in [-0.1, -0.05) is 189 Å². The van der Waals surface area contributed by atoms with Gasteiger partial charge in [0.2, 0.25) is 0 Å². The van der Waals surface area contributed by atoms with E-state index in [1.807, 2.05) is 0 Å². The molecule has 1 atom stereocenters. The Bertz CT molecular complexity index is 3630. The first-order valence-electron chi connectivity index (χ1n) is 26.4. The van der Waals surface area contributed by atoms with Crippen molar-refractivity contribution in [3.63, 3.8) is 0 Å². The van der Waals surface area contributed by atoms with Gasteiger partial charge in [-0.05, 0) is 148 Å². The van der Waals surface area contributed by atoms with Gasteiger partial charge in [-0.15, -0.1) is 0 Å². The Morgan fingerprint density at radius 3 is 1.50 bits per heavy atom. The monoisotopic (exact) mass is 958 g/mol. The number of unbranched alkanes of at least 4 members (excludes halogenated alkanes) is 5. The van der Waals surface area contributed by atoms with Crippen LogP contribution >= 0.6 is 11.7 Å². The molecule has 2 heterocycles. The topological polar surface area (TPSA) is 44.2 Å². The SMILES string of the molecule is Cc1ccc2c(c1)Cc1cc(-c3ccc(-c4ccc5c(c4)Cc4cc(-c6ccc7c(c6)C(OCCCCCCCCC6(C)COC6)(c6cc(C)ccc6C)c6cc(C)ccc6-7)ccc4-5)c4nsnc34)ccc1-2. The summed E-state index contributed by atoms with van der Waals surface area (Å²) < 4.78 is 22.8. The predicted octanol–water partition coefficient (Wildman–Crippen LogP) is 17.1. The van der Waals surface area contributed by atoms with Crippen molar-refractivity contribution in [2.45, 2.75) is 98.0 Å². The summed E-state index contributed by atoms with van der Waals surface area (Å²) >= 11 is 1.31. The van der Waals surface area contributed by atoms with Gasteiger partial charge in [0.25, 0.3) is 0 Å². The maximum atomic E-state index is 7.53. The average molecular weight is 959 g/mol. The summed E-state index contributed by atoms with van der Waals surface area (Å²) in [4.78, 5) is 0.